The van der Waals surface area contributed by atoms with Crippen molar-refractivity contribution in [3.05, 3.63) is 29.8 Å². The van der Waals surface area contributed by atoms with E-state index in [0.717, 1.165) is 0 Å². The number of primary amides is 1. The van der Waals surface area contributed by atoms with Gasteiger partial charge in [-0.25, -0.2) is 0 Å². The van der Waals surface area contributed by atoms with Crippen molar-refractivity contribution in [1.29, 1.82) is 5.26 Å². The topological polar surface area (TPSA) is 96.0 Å². The van der Waals surface area contributed by atoms with E-state index in [1.807, 2.05) is 6.92 Å². The molecule has 5 nitrogen and oxygen atoms in total. The number of hydrogen-bond donors (Lipinski definition) is 2. The number of nitrogens with one attached hydrogen (secondary N) is 1. The third-order valence-corrected chi connectivity index (χ3v) is 3.47. The maximum Gasteiger partial charge on any atom is 0.248 e. The number of rotatable bonds is 3. The van der Waals surface area contributed by atoms with Gasteiger partial charge >= 0.3 is 0 Å². The van der Waals surface area contributed by atoms with E-state index in [4.69, 9.17) is 11.0 Å². The van der Waals surface area contributed by atoms with Crippen LogP contribution < -0.4 is 11.1 Å². The molecular weight excluding hydrogens is 242 g/mol. The largest absolute Gasteiger partial charge is 0.366 e. The van der Waals surface area contributed by atoms with Crippen LogP contribution in [0.4, 0.5) is 5.69 Å². The van der Waals surface area contributed by atoms with Gasteiger partial charge in [0.05, 0.1) is 6.07 Å². The van der Waals surface area contributed by atoms with Crippen molar-refractivity contribution in [3.63, 3.8) is 0 Å². The summed E-state index contributed by atoms with van der Waals surface area (Å²) in [6.07, 6.45) is 1.18. The van der Waals surface area contributed by atoms with E-state index in [2.05, 4.69) is 11.4 Å². The zero-order chi connectivity index (χ0) is 14.0. The molecule has 0 heterocycles. The quantitative estimate of drug-likeness (QED) is 0.861. The van der Waals surface area contributed by atoms with Crippen LogP contribution in [-0.4, -0.2) is 11.8 Å². The lowest BCUT2D eigenvalue weighted by atomic mass is 9.63. The molecule has 0 atom stereocenters. The zero-order valence-corrected chi connectivity index (χ0v) is 10.6. The predicted octanol–water partition coefficient (Wildman–Crippen LogP) is 1.66. The fourth-order valence-electron chi connectivity index (χ4n) is 2.43. The lowest BCUT2D eigenvalue weighted by Crippen LogP contribution is -2.45. The summed E-state index contributed by atoms with van der Waals surface area (Å²) in [5, 5.41) is 11.9. The van der Waals surface area contributed by atoms with E-state index < -0.39 is 11.3 Å². The summed E-state index contributed by atoms with van der Waals surface area (Å²) in [6.45, 7) is 2.02. The van der Waals surface area contributed by atoms with Gasteiger partial charge in [-0.1, -0.05) is 6.92 Å². The molecule has 0 saturated heterocycles. The zero-order valence-electron chi connectivity index (χ0n) is 10.6. The van der Waals surface area contributed by atoms with Gasteiger partial charge in [0.1, 0.15) is 5.41 Å². The molecular formula is C14H15N3O2. The highest BCUT2D eigenvalue weighted by molar-refractivity contribution is 5.98. The van der Waals surface area contributed by atoms with Gasteiger partial charge in [0.15, 0.2) is 0 Å². The Hall–Kier alpha value is -2.35. The normalized spacial score (nSPS) is 24.9. The van der Waals surface area contributed by atoms with Crippen LogP contribution in [0.5, 0.6) is 0 Å². The first-order valence-electron chi connectivity index (χ1n) is 6.09. The van der Waals surface area contributed by atoms with E-state index in [1.54, 1.807) is 24.3 Å². The Bertz CT molecular complexity index is 551. The van der Waals surface area contributed by atoms with Gasteiger partial charge in [-0.2, -0.15) is 5.26 Å². The molecule has 1 fully saturated rings. The van der Waals surface area contributed by atoms with E-state index in [0.29, 0.717) is 30.0 Å². The summed E-state index contributed by atoms with van der Waals surface area (Å²) in [5.74, 6) is -0.387. The van der Waals surface area contributed by atoms with Crippen LogP contribution in [0.2, 0.25) is 0 Å². The minimum Gasteiger partial charge on any atom is -0.366 e. The highest BCUT2D eigenvalue weighted by Gasteiger charge is 2.48. The molecule has 0 radical (unpaired) electrons. The Labute approximate surface area is 111 Å². The smallest absolute Gasteiger partial charge is 0.248 e. The number of carbonyl (C=O) groups excluding carboxylic acids is 2. The van der Waals surface area contributed by atoms with Crippen molar-refractivity contribution in [2.75, 3.05) is 5.32 Å². The van der Waals surface area contributed by atoms with Crippen LogP contribution in [0.15, 0.2) is 24.3 Å². The van der Waals surface area contributed by atoms with Gasteiger partial charge in [0.25, 0.3) is 0 Å². The van der Waals surface area contributed by atoms with Gasteiger partial charge in [-0.15, -0.1) is 0 Å². The third kappa shape index (κ3) is 2.43. The van der Waals surface area contributed by atoms with Crippen molar-refractivity contribution >= 4 is 17.5 Å². The number of anilines is 1. The van der Waals surface area contributed by atoms with Gasteiger partial charge < -0.3 is 11.1 Å². The molecule has 3 N–H and O–H groups in total. The van der Waals surface area contributed by atoms with E-state index in [1.165, 1.54) is 0 Å². The first kappa shape index (κ1) is 13.1. The maximum absolute atomic E-state index is 12.1. The Morgan fingerprint density at radius 3 is 2.37 bits per heavy atom. The Morgan fingerprint density at radius 1 is 1.37 bits per heavy atom. The second-order valence-corrected chi connectivity index (χ2v) is 5.10. The van der Waals surface area contributed by atoms with Gasteiger partial charge in [-0.05, 0) is 43.0 Å². The minimum absolute atomic E-state index is 0.278. The van der Waals surface area contributed by atoms with Gasteiger partial charge in [-0.3, -0.25) is 9.59 Å². The van der Waals surface area contributed by atoms with Crippen LogP contribution in [0, 0.1) is 22.7 Å². The summed E-state index contributed by atoms with van der Waals surface area (Å²) >= 11 is 0. The molecule has 1 saturated carbocycles. The van der Waals surface area contributed by atoms with Gasteiger partial charge in [0, 0.05) is 11.3 Å². The van der Waals surface area contributed by atoms with E-state index in [-0.39, 0.29) is 5.91 Å². The summed E-state index contributed by atoms with van der Waals surface area (Å²) < 4.78 is 0. The molecule has 1 aromatic carbocycles. The molecule has 0 aliphatic heterocycles. The SMILES string of the molecule is CC1CC(C#N)(C(=O)Nc2ccc(C(N)=O)cc2)C1. The summed E-state index contributed by atoms with van der Waals surface area (Å²) in [4.78, 5) is 23.0. The molecule has 0 spiro atoms. The van der Waals surface area contributed by atoms with Gasteiger partial charge in [0.2, 0.25) is 11.8 Å². The summed E-state index contributed by atoms with van der Waals surface area (Å²) in [5.41, 5.74) is 5.17. The number of carbonyl (C=O) groups is 2. The van der Waals surface area contributed by atoms with Crippen molar-refractivity contribution in [2.24, 2.45) is 17.1 Å². The molecule has 2 rings (SSSR count). The number of benzene rings is 1. The molecule has 2 amide bonds. The number of nitriles is 1. The Kier molecular flexibility index (Phi) is 3.26. The highest BCUT2D eigenvalue weighted by Crippen LogP contribution is 2.45. The highest BCUT2D eigenvalue weighted by atomic mass is 16.2. The van der Waals surface area contributed by atoms with Crippen molar-refractivity contribution < 1.29 is 9.59 Å². The first-order chi connectivity index (χ1) is 8.97. The summed E-state index contributed by atoms with van der Waals surface area (Å²) in [7, 11) is 0. The van der Waals surface area contributed by atoms with Crippen molar-refractivity contribution in [1.82, 2.24) is 0 Å². The average molecular weight is 257 g/mol. The second kappa shape index (κ2) is 4.73. The van der Waals surface area contributed by atoms with Crippen molar-refractivity contribution in [3.8, 4) is 6.07 Å². The van der Waals surface area contributed by atoms with Crippen LogP contribution >= 0.6 is 0 Å². The number of nitrogens with two attached hydrogens (primary N) is 1. The molecule has 98 valence electrons. The molecule has 1 aliphatic rings. The minimum atomic E-state index is -0.901. The van der Waals surface area contributed by atoms with Crippen molar-refractivity contribution in [2.45, 2.75) is 19.8 Å². The lowest BCUT2D eigenvalue weighted by molar-refractivity contribution is -0.128. The van der Waals surface area contributed by atoms with E-state index >= 15 is 0 Å². The predicted molar refractivity (Wildman–Crippen MR) is 70.0 cm³/mol. The van der Waals surface area contributed by atoms with Crippen LogP contribution in [-0.2, 0) is 4.79 Å². The monoisotopic (exact) mass is 257 g/mol. The fourth-order valence-corrected chi connectivity index (χ4v) is 2.43. The maximum atomic E-state index is 12.1. The molecule has 1 aliphatic carbocycles. The first-order valence-corrected chi connectivity index (χ1v) is 6.09. The van der Waals surface area contributed by atoms with Crippen LogP contribution in [0.25, 0.3) is 0 Å². The molecule has 1 aromatic rings. The number of nitrogens with zero attached hydrogens (tertiary/aromatic N) is 1. The lowest BCUT2D eigenvalue weighted by Gasteiger charge is -2.39. The second-order valence-electron chi connectivity index (χ2n) is 5.10. The molecule has 0 unspecified atom stereocenters. The average Bonchev–Trinajstić information content (AvgIpc) is 2.35. The van der Waals surface area contributed by atoms with Crippen LogP contribution in [0.3, 0.4) is 0 Å². The molecule has 0 bridgehead atoms. The van der Waals surface area contributed by atoms with Crippen LogP contribution in [0.1, 0.15) is 30.1 Å². The molecule has 19 heavy (non-hydrogen) atoms. The summed E-state index contributed by atoms with van der Waals surface area (Å²) in [6, 6.07) is 8.40. The fraction of sp³-hybridized carbons (Fsp3) is 0.357. The standard InChI is InChI=1S/C14H15N3O2/c1-9-6-14(7-9,8-15)13(19)17-11-4-2-10(3-5-11)12(16)18/h2-5,9H,6-7H2,1H3,(H2,16,18)(H,17,19). The molecule has 0 aromatic heterocycles. The number of amides is 2. The number of hydrogen-bond acceptors (Lipinski definition) is 3. The third-order valence-electron chi connectivity index (χ3n) is 3.47. The Balaban J connectivity index is 2.07. The van der Waals surface area contributed by atoms with E-state index in [9.17, 15) is 9.59 Å². The molecule has 5 heteroatoms. The Morgan fingerprint density at radius 2 is 1.95 bits per heavy atom.